The summed E-state index contributed by atoms with van der Waals surface area (Å²) < 4.78 is 0. The smallest absolute Gasteiger partial charge is 0.234 e. The number of carbonyl (C=O) groups excluding carboxylic acids is 2. The molecule has 0 bridgehead atoms. The third kappa shape index (κ3) is 7.43. The molecule has 1 amide bonds. The summed E-state index contributed by atoms with van der Waals surface area (Å²) in [5, 5.41) is 2.80. The summed E-state index contributed by atoms with van der Waals surface area (Å²) in [6.45, 7) is 11.0. The SMILES string of the molecule is CC(=O)C(NC(=O)CN(C)CCC(C)C)C(C)C. The highest BCUT2D eigenvalue weighted by Gasteiger charge is 2.20. The Balaban J connectivity index is 4.12. The van der Waals surface area contributed by atoms with E-state index in [-0.39, 0.29) is 23.7 Å². The Bertz CT molecular complexity index is 275. The van der Waals surface area contributed by atoms with Gasteiger partial charge in [-0.05, 0) is 38.8 Å². The second-order valence-electron chi connectivity index (χ2n) is 5.82. The van der Waals surface area contributed by atoms with Crippen molar-refractivity contribution in [2.24, 2.45) is 11.8 Å². The minimum absolute atomic E-state index is 0.0168. The van der Waals surface area contributed by atoms with Crippen LogP contribution in [0.15, 0.2) is 0 Å². The molecule has 0 saturated carbocycles. The van der Waals surface area contributed by atoms with Gasteiger partial charge in [-0.2, -0.15) is 0 Å². The molecule has 0 aromatic heterocycles. The molecule has 1 N–H and O–H groups in total. The van der Waals surface area contributed by atoms with Gasteiger partial charge in [0.2, 0.25) is 5.91 Å². The monoisotopic (exact) mass is 256 g/mol. The predicted octanol–water partition coefficient (Wildman–Crippen LogP) is 1.69. The number of ketones is 1. The van der Waals surface area contributed by atoms with Crippen molar-refractivity contribution < 1.29 is 9.59 Å². The highest BCUT2D eigenvalue weighted by atomic mass is 16.2. The van der Waals surface area contributed by atoms with Crippen LogP contribution in [0.3, 0.4) is 0 Å². The van der Waals surface area contributed by atoms with E-state index in [4.69, 9.17) is 0 Å². The van der Waals surface area contributed by atoms with Gasteiger partial charge in [0, 0.05) is 0 Å². The van der Waals surface area contributed by atoms with Crippen molar-refractivity contribution in [3.05, 3.63) is 0 Å². The number of nitrogens with zero attached hydrogens (tertiary/aromatic N) is 1. The van der Waals surface area contributed by atoms with E-state index in [0.717, 1.165) is 13.0 Å². The topological polar surface area (TPSA) is 49.4 Å². The van der Waals surface area contributed by atoms with E-state index in [0.29, 0.717) is 12.5 Å². The number of hydrogen-bond donors (Lipinski definition) is 1. The number of Topliss-reactive ketones (excluding diaryl/α,β-unsaturated/α-hetero) is 1. The fourth-order valence-corrected chi connectivity index (χ4v) is 1.76. The van der Waals surface area contributed by atoms with Crippen molar-refractivity contribution in [3.63, 3.8) is 0 Å². The van der Waals surface area contributed by atoms with E-state index < -0.39 is 0 Å². The van der Waals surface area contributed by atoms with Crippen LogP contribution in [0.25, 0.3) is 0 Å². The molecule has 18 heavy (non-hydrogen) atoms. The van der Waals surface area contributed by atoms with Gasteiger partial charge in [-0.25, -0.2) is 0 Å². The van der Waals surface area contributed by atoms with Gasteiger partial charge in [0.25, 0.3) is 0 Å². The standard InChI is InChI=1S/C14H28N2O2/c1-10(2)7-8-16(6)9-13(18)15-14(11(3)4)12(5)17/h10-11,14H,7-9H2,1-6H3,(H,15,18). The maximum atomic E-state index is 11.8. The van der Waals surface area contributed by atoms with E-state index >= 15 is 0 Å². The largest absolute Gasteiger partial charge is 0.345 e. The molecule has 0 spiro atoms. The van der Waals surface area contributed by atoms with E-state index in [1.165, 1.54) is 6.92 Å². The number of nitrogens with one attached hydrogen (secondary N) is 1. The number of carbonyl (C=O) groups is 2. The normalized spacial score (nSPS) is 13.2. The first-order valence-corrected chi connectivity index (χ1v) is 6.72. The molecule has 0 fully saturated rings. The van der Waals surface area contributed by atoms with Crippen LogP contribution in [0.1, 0.15) is 41.0 Å². The summed E-state index contributed by atoms with van der Waals surface area (Å²) in [7, 11) is 1.93. The zero-order chi connectivity index (χ0) is 14.3. The van der Waals surface area contributed by atoms with Crippen LogP contribution in [-0.2, 0) is 9.59 Å². The fraction of sp³-hybridized carbons (Fsp3) is 0.857. The lowest BCUT2D eigenvalue weighted by atomic mass is 10.0. The van der Waals surface area contributed by atoms with Gasteiger partial charge < -0.3 is 5.32 Å². The van der Waals surface area contributed by atoms with E-state index in [1.807, 2.05) is 25.8 Å². The average molecular weight is 256 g/mol. The lowest BCUT2D eigenvalue weighted by molar-refractivity contribution is -0.128. The molecule has 0 rings (SSSR count). The zero-order valence-corrected chi connectivity index (χ0v) is 12.6. The first-order chi connectivity index (χ1) is 8.23. The molecule has 0 radical (unpaired) electrons. The molecule has 0 saturated heterocycles. The highest BCUT2D eigenvalue weighted by Crippen LogP contribution is 2.03. The van der Waals surface area contributed by atoms with Crippen LogP contribution in [0.2, 0.25) is 0 Å². The van der Waals surface area contributed by atoms with E-state index in [1.54, 1.807) is 0 Å². The van der Waals surface area contributed by atoms with Gasteiger partial charge in [0.15, 0.2) is 5.78 Å². The summed E-state index contributed by atoms with van der Waals surface area (Å²) in [4.78, 5) is 25.2. The Labute approximate surface area is 111 Å². The van der Waals surface area contributed by atoms with Crippen molar-refractivity contribution in [3.8, 4) is 0 Å². The van der Waals surface area contributed by atoms with Crippen LogP contribution < -0.4 is 5.32 Å². The molecule has 4 heteroatoms. The molecule has 0 aliphatic heterocycles. The third-order valence-corrected chi connectivity index (χ3v) is 2.92. The Kier molecular flexibility index (Phi) is 7.83. The molecule has 4 nitrogen and oxygen atoms in total. The van der Waals surface area contributed by atoms with Gasteiger partial charge in [-0.15, -0.1) is 0 Å². The zero-order valence-electron chi connectivity index (χ0n) is 12.6. The van der Waals surface area contributed by atoms with Gasteiger partial charge >= 0.3 is 0 Å². The lowest BCUT2D eigenvalue weighted by Crippen LogP contribution is -2.47. The second-order valence-corrected chi connectivity index (χ2v) is 5.82. The number of amides is 1. The first-order valence-electron chi connectivity index (χ1n) is 6.72. The Morgan fingerprint density at radius 1 is 1.17 bits per heavy atom. The van der Waals surface area contributed by atoms with Crippen molar-refractivity contribution in [1.29, 1.82) is 0 Å². The van der Waals surface area contributed by atoms with Crippen molar-refractivity contribution in [2.45, 2.75) is 47.1 Å². The van der Waals surface area contributed by atoms with Crippen LogP contribution in [0, 0.1) is 11.8 Å². The summed E-state index contributed by atoms with van der Waals surface area (Å²) in [5.74, 6) is 0.710. The lowest BCUT2D eigenvalue weighted by Gasteiger charge is -2.22. The van der Waals surface area contributed by atoms with Gasteiger partial charge in [-0.1, -0.05) is 27.7 Å². The van der Waals surface area contributed by atoms with Gasteiger partial charge in [0.05, 0.1) is 12.6 Å². The second kappa shape index (κ2) is 8.25. The average Bonchev–Trinajstić information content (AvgIpc) is 2.22. The first kappa shape index (κ1) is 17.1. The van der Waals surface area contributed by atoms with E-state index in [2.05, 4.69) is 19.2 Å². The molecule has 106 valence electrons. The fourth-order valence-electron chi connectivity index (χ4n) is 1.76. The third-order valence-electron chi connectivity index (χ3n) is 2.92. The van der Waals surface area contributed by atoms with Crippen molar-refractivity contribution >= 4 is 11.7 Å². The van der Waals surface area contributed by atoms with Crippen molar-refractivity contribution in [1.82, 2.24) is 10.2 Å². The maximum absolute atomic E-state index is 11.8. The number of likely N-dealkylation sites (N-methyl/N-ethyl adjacent to an activating group) is 1. The van der Waals surface area contributed by atoms with Gasteiger partial charge in [-0.3, -0.25) is 14.5 Å². The molecular formula is C14H28N2O2. The quantitative estimate of drug-likeness (QED) is 0.719. The molecule has 1 atom stereocenters. The maximum Gasteiger partial charge on any atom is 0.234 e. The van der Waals surface area contributed by atoms with Crippen LogP contribution in [0.5, 0.6) is 0 Å². The minimum atomic E-state index is -0.365. The molecular weight excluding hydrogens is 228 g/mol. The number of rotatable bonds is 8. The Morgan fingerprint density at radius 2 is 1.72 bits per heavy atom. The molecule has 0 heterocycles. The van der Waals surface area contributed by atoms with Crippen LogP contribution in [0.4, 0.5) is 0 Å². The van der Waals surface area contributed by atoms with Gasteiger partial charge in [0.1, 0.15) is 0 Å². The van der Waals surface area contributed by atoms with Crippen molar-refractivity contribution in [2.75, 3.05) is 20.1 Å². The van der Waals surface area contributed by atoms with Crippen LogP contribution >= 0.6 is 0 Å². The van der Waals surface area contributed by atoms with E-state index in [9.17, 15) is 9.59 Å². The molecule has 0 aromatic rings. The van der Waals surface area contributed by atoms with Crippen LogP contribution in [-0.4, -0.2) is 42.8 Å². The summed E-state index contributed by atoms with van der Waals surface area (Å²) >= 11 is 0. The molecule has 1 unspecified atom stereocenters. The molecule has 0 aliphatic rings. The molecule has 0 aromatic carbocycles. The highest BCUT2D eigenvalue weighted by molar-refractivity contribution is 5.88. The number of hydrogen-bond acceptors (Lipinski definition) is 3. The molecule has 0 aliphatic carbocycles. The summed E-state index contributed by atoms with van der Waals surface area (Å²) in [6, 6.07) is -0.365. The Morgan fingerprint density at radius 3 is 2.11 bits per heavy atom. The Hall–Kier alpha value is -0.900. The summed E-state index contributed by atoms with van der Waals surface area (Å²) in [5.41, 5.74) is 0. The minimum Gasteiger partial charge on any atom is -0.345 e. The summed E-state index contributed by atoms with van der Waals surface area (Å²) in [6.07, 6.45) is 1.07. The predicted molar refractivity (Wildman–Crippen MR) is 74.4 cm³/mol.